The molecule has 6 nitrogen and oxygen atoms in total. The van der Waals surface area contributed by atoms with E-state index in [1.54, 1.807) is 22.5 Å². The number of hydrogen-bond acceptors (Lipinski definition) is 4. The molecule has 23 heavy (non-hydrogen) atoms. The molecule has 0 saturated carbocycles. The molecule has 1 aromatic rings. The fourth-order valence-electron chi connectivity index (χ4n) is 2.98. The van der Waals surface area contributed by atoms with Gasteiger partial charge in [-0.15, -0.1) is 0 Å². The van der Waals surface area contributed by atoms with Crippen molar-refractivity contribution in [1.29, 1.82) is 0 Å². The first-order valence-corrected chi connectivity index (χ1v) is 9.28. The smallest absolute Gasteiger partial charge is 0.243 e. The number of fused-ring (bicyclic) bond motifs is 1. The van der Waals surface area contributed by atoms with Crippen LogP contribution in [0.15, 0.2) is 35.2 Å². The summed E-state index contributed by atoms with van der Waals surface area (Å²) in [5, 5.41) is 0. The van der Waals surface area contributed by atoms with Gasteiger partial charge in [-0.1, -0.05) is 6.58 Å². The molecule has 0 amide bonds. The quantitative estimate of drug-likeness (QED) is 0.780. The van der Waals surface area contributed by atoms with Crippen molar-refractivity contribution in [1.82, 2.24) is 4.31 Å². The zero-order chi connectivity index (χ0) is 16.4. The van der Waals surface area contributed by atoms with Crippen LogP contribution in [0.4, 0.5) is 0 Å². The summed E-state index contributed by atoms with van der Waals surface area (Å²) in [4.78, 5) is 1.65. The summed E-state index contributed by atoms with van der Waals surface area (Å²) in [5.41, 5.74) is 1.13. The number of hydrogen-bond donors (Lipinski definition) is 1. The lowest BCUT2D eigenvalue weighted by Gasteiger charge is -2.31. The Morgan fingerprint density at radius 1 is 1.22 bits per heavy atom. The van der Waals surface area contributed by atoms with Crippen LogP contribution < -0.4 is 14.4 Å². The Kier molecular flexibility index (Phi) is 4.61. The van der Waals surface area contributed by atoms with Crippen LogP contribution in [0.2, 0.25) is 0 Å². The van der Waals surface area contributed by atoms with E-state index in [0.717, 1.165) is 25.2 Å². The molecule has 0 aliphatic carbocycles. The third kappa shape index (κ3) is 3.52. The minimum atomic E-state index is -3.49. The Morgan fingerprint density at radius 3 is 2.52 bits per heavy atom. The summed E-state index contributed by atoms with van der Waals surface area (Å²) in [6.07, 6.45) is 0. The van der Waals surface area contributed by atoms with Gasteiger partial charge in [0.05, 0.1) is 37.6 Å². The zero-order valence-corrected chi connectivity index (χ0v) is 14.2. The number of quaternary nitrogens is 1. The van der Waals surface area contributed by atoms with Gasteiger partial charge in [0.25, 0.3) is 0 Å². The van der Waals surface area contributed by atoms with Crippen molar-refractivity contribution in [2.45, 2.75) is 11.8 Å². The monoisotopic (exact) mass is 339 g/mol. The van der Waals surface area contributed by atoms with Gasteiger partial charge in [-0.25, -0.2) is 8.42 Å². The second-order valence-corrected chi connectivity index (χ2v) is 8.03. The van der Waals surface area contributed by atoms with E-state index in [1.165, 1.54) is 4.90 Å². The molecule has 2 heterocycles. The third-order valence-corrected chi connectivity index (χ3v) is 6.03. The van der Waals surface area contributed by atoms with Gasteiger partial charge in [-0.3, -0.25) is 0 Å². The normalized spacial score (nSPS) is 19.5. The number of ether oxygens (including phenoxy) is 2. The van der Waals surface area contributed by atoms with E-state index in [4.69, 9.17) is 9.47 Å². The Bertz CT molecular complexity index is 694. The van der Waals surface area contributed by atoms with Crippen molar-refractivity contribution >= 4 is 10.0 Å². The number of piperazine rings is 1. The van der Waals surface area contributed by atoms with Crippen LogP contribution in [0.3, 0.4) is 0 Å². The van der Waals surface area contributed by atoms with Crippen LogP contribution in [0.5, 0.6) is 11.5 Å². The first-order chi connectivity index (χ1) is 11.0. The van der Waals surface area contributed by atoms with Gasteiger partial charge < -0.3 is 14.4 Å². The van der Waals surface area contributed by atoms with Gasteiger partial charge in [0.2, 0.25) is 10.0 Å². The summed E-state index contributed by atoms with van der Waals surface area (Å²) in [6, 6.07) is 4.83. The molecular formula is C16H23N2O4S+. The van der Waals surface area contributed by atoms with E-state index < -0.39 is 10.0 Å². The van der Waals surface area contributed by atoms with Crippen LogP contribution in [-0.2, 0) is 10.0 Å². The minimum absolute atomic E-state index is 0.269. The molecule has 1 aromatic carbocycles. The first kappa shape index (κ1) is 16.3. The van der Waals surface area contributed by atoms with E-state index in [-0.39, 0.29) is 4.90 Å². The van der Waals surface area contributed by atoms with Crippen molar-refractivity contribution in [2.24, 2.45) is 0 Å². The molecule has 0 unspecified atom stereocenters. The first-order valence-electron chi connectivity index (χ1n) is 7.84. The van der Waals surface area contributed by atoms with Crippen LogP contribution >= 0.6 is 0 Å². The van der Waals surface area contributed by atoms with Gasteiger partial charge in [-0.2, -0.15) is 4.31 Å². The zero-order valence-electron chi connectivity index (χ0n) is 13.4. The molecule has 0 spiro atoms. The molecule has 0 atom stereocenters. The van der Waals surface area contributed by atoms with Gasteiger partial charge in [0, 0.05) is 6.07 Å². The van der Waals surface area contributed by atoms with Gasteiger partial charge in [0.15, 0.2) is 11.5 Å². The maximum Gasteiger partial charge on any atom is 0.243 e. The highest BCUT2D eigenvalue weighted by molar-refractivity contribution is 7.89. The average molecular weight is 339 g/mol. The predicted molar refractivity (Wildman–Crippen MR) is 86.6 cm³/mol. The molecule has 1 fully saturated rings. The topological polar surface area (TPSA) is 60.3 Å². The van der Waals surface area contributed by atoms with E-state index in [2.05, 4.69) is 6.58 Å². The average Bonchev–Trinajstić information content (AvgIpc) is 2.54. The minimum Gasteiger partial charge on any atom is -0.486 e. The summed E-state index contributed by atoms with van der Waals surface area (Å²) >= 11 is 0. The lowest BCUT2D eigenvalue weighted by molar-refractivity contribution is -0.898. The lowest BCUT2D eigenvalue weighted by Crippen LogP contribution is -3.14. The van der Waals surface area contributed by atoms with Crippen LogP contribution in [-0.4, -0.2) is 58.7 Å². The Balaban J connectivity index is 1.73. The molecule has 126 valence electrons. The van der Waals surface area contributed by atoms with Crippen molar-refractivity contribution in [3.63, 3.8) is 0 Å². The fraction of sp³-hybridized carbons (Fsp3) is 0.500. The van der Waals surface area contributed by atoms with Crippen LogP contribution in [0, 0.1) is 0 Å². The number of nitrogens with zero attached hydrogens (tertiary/aromatic N) is 1. The molecule has 2 aliphatic rings. The number of rotatable bonds is 4. The molecule has 1 N–H and O–H groups in total. The third-order valence-electron chi connectivity index (χ3n) is 4.13. The summed E-state index contributed by atoms with van der Waals surface area (Å²) in [7, 11) is -3.49. The highest BCUT2D eigenvalue weighted by Crippen LogP contribution is 2.33. The molecule has 7 heteroatoms. The molecule has 0 radical (unpaired) electrons. The second-order valence-electron chi connectivity index (χ2n) is 6.09. The maximum absolute atomic E-state index is 12.8. The van der Waals surface area contributed by atoms with Crippen molar-refractivity contribution in [2.75, 3.05) is 45.9 Å². The molecule has 2 aliphatic heterocycles. The van der Waals surface area contributed by atoms with E-state index in [9.17, 15) is 8.42 Å². The molecule has 3 rings (SSSR count). The lowest BCUT2D eigenvalue weighted by atomic mass is 10.3. The van der Waals surface area contributed by atoms with Gasteiger partial charge >= 0.3 is 0 Å². The summed E-state index contributed by atoms with van der Waals surface area (Å²) in [6.45, 7) is 10.4. The number of nitrogens with one attached hydrogen (secondary N) is 1. The Hall–Kier alpha value is -1.57. The Morgan fingerprint density at radius 2 is 1.87 bits per heavy atom. The second kappa shape index (κ2) is 6.51. The predicted octanol–water partition coefficient (Wildman–Crippen LogP) is -0.0769. The maximum atomic E-state index is 12.8. The van der Waals surface area contributed by atoms with Crippen LogP contribution in [0.25, 0.3) is 0 Å². The largest absolute Gasteiger partial charge is 0.486 e. The van der Waals surface area contributed by atoms with E-state index in [1.807, 2.05) is 6.92 Å². The highest BCUT2D eigenvalue weighted by atomic mass is 32.2. The van der Waals surface area contributed by atoms with Crippen molar-refractivity contribution in [3.8, 4) is 11.5 Å². The van der Waals surface area contributed by atoms with Crippen molar-refractivity contribution in [3.05, 3.63) is 30.4 Å². The van der Waals surface area contributed by atoms with E-state index >= 15 is 0 Å². The molecule has 0 bridgehead atoms. The van der Waals surface area contributed by atoms with Gasteiger partial charge in [-0.05, 0) is 24.6 Å². The van der Waals surface area contributed by atoms with Gasteiger partial charge in [0.1, 0.15) is 13.2 Å². The summed E-state index contributed by atoms with van der Waals surface area (Å²) < 4.78 is 38.1. The van der Waals surface area contributed by atoms with Crippen LogP contribution in [0.1, 0.15) is 6.92 Å². The van der Waals surface area contributed by atoms with Crippen molar-refractivity contribution < 1.29 is 22.8 Å². The standard InChI is InChI=1S/C16H22N2O4S/c1-13(2)12-17-5-7-18(8-6-17)23(19,20)14-3-4-15-16(11-14)22-10-9-21-15/h3-4,11H,1,5-10,12H2,2H3/p+1. The molecule has 0 aromatic heterocycles. The highest BCUT2D eigenvalue weighted by Gasteiger charge is 2.31. The number of benzene rings is 1. The SMILES string of the molecule is C=C(C)C[NH+]1CCN(S(=O)(=O)c2ccc3c(c2)OCCO3)CC1. The Labute approximate surface area is 137 Å². The molecular weight excluding hydrogens is 316 g/mol. The molecule has 1 saturated heterocycles. The van der Waals surface area contributed by atoms with E-state index in [0.29, 0.717) is 37.8 Å². The fourth-order valence-corrected chi connectivity index (χ4v) is 4.44. The summed E-state index contributed by atoms with van der Waals surface area (Å²) in [5.74, 6) is 1.11. The number of sulfonamides is 1.